The molecule has 0 unspecified atom stereocenters. The molecule has 0 spiro atoms. The summed E-state index contributed by atoms with van der Waals surface area (Å²) in [5.74, 6) is -0.232. The van der Waals surface area contributed by atoms with Crippen LogP contribution in [0.5, 0.6) is 0 Å². The Morgan fingerprint density at radius 1 is 1.40 bits per heavy atom. The van der Waals surface area contributed by atoms with Gasteiger partial charge in [0.1, 0.15) is 5.82 Å². The molecule has 0 atom stereocenters. The highest BCUT2D eigenvalue weighted by molar-refractivity contribution is 7.09. The second kappa shape index (κ2) is 4.40. The summed E-state index contributed by atoms with van der Waals surface area (Å²) in [7, 11) is 0. The van der Waals surface area contributed by atoms with Crippen LogP contribution in [0, 0.1) is 12.7 Å². The number of nitrogens with zero attached hydrogens (tertiary/aromatic N) is 1. The summed E-state index contributed by atoms with van der Waals surface area (Å²) in [6, 6.07) is 6.63. The Morgan fingerprint density at radius 3 is 2.87 bits per heavy atom. The van der Waals surface area contributed by atoms with E-state index in [9.17, 15) is 4.39 Å². The van der Waals surface area contributed by atoms with Gasteiger partial charge in [-0.05, 0) is 19.1 Å². The zero-order valence-corrected chi connectivity index (χ0v) is 9.14. The van der Waals surface area contributed by atoms with Crippen molar-refractivity contribution in [1.29, 1.82) is 0 Å². The Hall–Kier alpha value is -1.42. The van der Waals surface area contributed by atoms with Gasteiger partial charge in [-0.3, -0.25) is 0 Å². The molecule has 78 valence electrons. The number of nitrogens with one attached hydrogen (secondary N) is 1. The molecule has 15 heavy (non-hydrogen) atoms. The minimum atomic E-state index is -0.232. The van der Waals surface area contributed by atoms with Gasteiger partial charge < -0.3 is 5.32 Å². The molecule has 2 nitrogen and oxygen atoms in total. The topological polar surface area (TPSA) is 24.9 Å². The number of hydrogen-bond acceptors (Lipinski definition) is 3. The van der Waals surface area contributed by atoms with Crippen molar-refractivity contribution < 1.29 is 4.39 Å². The molecule has 1 N–H and O–H groups in total. The second-order valence-electron chi connectivity index (χ2n) is 3.19. The average Bonchev–Trinajstić information content (AvgIpc) is 2.63. The van der Waals surface area contributed by atoms with Gasteiger partial charge in [-0.1, -0.05) is 12.1 Å². The normalized spacial score (nSPS) is 10.3. The highest BCUT2D eigenvalue weighted by Crippen LogP contribution is 2.14. The first-order valence-corrected chi connectivity index (χ1v) is 5.53. The maximum Gasteiger partial charge on any atom is 0.146 e. The van der Waals surface area contributed by atoms with Crippen molar-refractivity contribution in [3.05, 3.63) is 46.2 Å². The van der Waals surface area contributed by atoms with Crippen LogP contribution < -0.4 is 5.32 Å². The van der Waals surface area contributed by atoms with E-state index in [4.69, 9.17) is 0 Å². The van der Waals surface area contributed by atoms with Crippen LogP contribution in [0.1, 0.15) is 10.7 Å². The fourth-order valence-electron chi connectivity index (χ4n) is 1.28. The Kier molecular flexibility index (Phi) is 2.97. The summed E-state index contributed by atoms with van der Waals surface area (Å²) >= 11 is 1.60. The molecule has 0 aliphatic heterocycles. The summed E-state index contributed by atoms with van der Waals surface area (Å²) in [5.41, 5.74) is 1.46. The van der Waals surface area contributed by atoms with E-state index in [1.807, 2.05) is 12.3 Å². The molecular weight excluding hydrogens is 211 g/mol. The van der Waals surface area contributed by atoms with E-state index in [1.54, 1.807) is 29.5 Å². The third kappa shape index (κ3) is 2.53. The number of para-hydroxylation sites is 1. The largest absolute Gasteiger partial charge is 0.377 e. The monoisotopic (exact) mass is 222 g/mol. The first-order valence-electron chi connectivity index (χ1n) is 4.65. The Morgan fingerprint density at radius 2 is 2.20 bits per heavy atom. The molecule has 1 heterocycles. The molecule has 0 aliphatic carbocycles. The minimum Gasteiger partial charge on any atom is -0.377 e. The highest BCUT2D eigenvalue weighted by atomic mass is 32.1. The molecule has 1 aromatic carbocycles. The summed E-state index contributed by atoms with van der Waals surface area (Å²) in [5, 5.41) is 6.02. The highest BCUT2D eigenvalue weighted by Gasteiger charge is 2.01. The average molecular weight is 222 g/mol. The molecule has 0 aliphatic rings. The van der Waals surface area contributed by atoms with Gasteiger partial charge in [0.25, 0.3) is 0 Å². The Labute approximate surface area is 91.8 Å². The third-order valence-corrected chi connectivity index (χ3v) is 2.82. The Balaban J connectivity index is 2.02. The van der Waals surface area contributed by atoms with Gasteiger partial charge in [0, 0.05) is 5.38 Å². The molecule has 0 saturated carbocycles. The fourth-order valence-corrected chi connectivity index (χ4v) is 1.89. The number of rotatable bonds is 3. The van der Waals surface area contributed by atoms with Crippen LogP contribution in [0.2, 0.25) is 0 Å². The third-order valence-electron chi connectivity index (χ3n) is 2.00. The maximum absolute atomic E-state index is 13.2. The molecule has 2 rings (SSSR count). The van der Waals surface area contributed by atoms with Crippen molar-refractivity contribution >= 4 is 17.0 Å². The molecule has 0 radical (unpaired) electrons. The van der Waals surface area contributed by atoms with Gasteiger partial charge in [-0.25, -0.2) is 9.37 Å². The van der Waals surface area contributed by atoms with Crippen LogP contribution in [0.15, 0.2) is 29.6 Å². The van der Waals surface area contributed by atoms with E-state index in [0.29, 0.717) is 12.2 Å². The van der Waals surface area contributed by atoms with Crippen molar-refractivity contribution in [3.8, 4) is 0 Å². The molecule has 0 saturated heterocycles. The van der Waals surface area contributed by atoms with Crippen molar-refractivity contribution in [2.24, 2.45) is 0 Å². The lowest BCUT2D eigenvalue weighted by Gasteiger charge is -2.04. The second-order valence-corrected chi connectivity index (χ2v) is 4.25. The molecule has 0 bridgehead atoms. The van der Waals surface area contributed by atoms with Crippen molar-refractivity contribution in [3.63, 3.8) is 0 Å². The molecular formula is C11H11FN2S. The predicted molar refractivity (Wildman–Crippen MR) is 60.6 cm³/mol. The standard InChI is InChI=1S/C11H11FN2S/c1-8-14-9(7-15-8)6-13-11-5-3-2-4-10(11)12/h2-5,7,13H,6H2,1H3. The van der Waals surface area contributed by atoms with E-state index < -0.39 is 0 Å². The lowest BCUT2D eigenvalue weighted by molar-refractivity contribution is 0.630. The SMILES string of the molecule is Cc1nc(CNc2ccccc2F)cs1. The summed E-state index contributed by atoms with van der Waals surface area (Å²) < 4.78 is 13.2. The van der Waals surface area contributed by atoms with Crippen LogP contribution in [0.3, 0.4) is 0 Å². The number of halogens is 1. The first kappa shape index (κ1) is 10.1. The zero-order valence-electron chi connectivity index (χ0n) is 8.33. The predicted octanol–water partition coefficient (Wildman–Crippen LogP) is 3.20. The van der Waals surface area contributed by atoms with Gasteiger partial charge in [-0.15, -0.1) is 11.3 Å². The van der Waals surface area contributed by atoms with Gasteiger partial charge in [0.15, 0.2) is 0 Å². The maximum atomic E-state index is 13.2. The van der Waals surface area contributed by atoms with Gasteiger partial charge in [0.05, 0.1) is 22.9 Å². The van der Waals surface area contributed by atoms with E-state index in [2.05, 4.69) is 10.3 Å². The number of anilines is 1. The summed E-state index contributed by atoms with van der Waals surface area (Å²) in [6.45, 7) is 2.52. The minimum absolute atomic E-state index is 0.232. The fraction of sp³-hybridized carbons (Fsp3) is 0.182. The summed E-state index contributed by atoms with van der Waals surface area (Å²) in [4.78, 5) is 4.29. The van der Waals surface area contributed by atoms with Gasteiger partial charge >= 0.3 is 0 Å². The quantitative estimate of drug-likeness (QED) is 0.862. The van der Waals surface area contributed by atoms with Crippen LogP contribution in [-0.2, 0) is 6.54 Å². The van der Waals surface area contributed by atoms with Crippen LogP contribution in [-0.4, -0.2) is 4.98 Å². The molecule has 1 aromatic heterocycles. The molecule has 4 heteroatoms. The van der Waals surface area contributed by atoms with E-state index in [0.717, 1.165) is 10.7 Å². The number of thiazole rings is 1. The number of aromatic nitrogens is 1. The zero-order chi connectivity index (χ0) is 10.7. The van der Waals surface area contributed by atoms with Crippen molar-refractivity contribution in [1.82, 2.24) is 4.98 Å². The first-order chi connectivity index (χ1) is 7.25. The molecule has 0 amide bonds. The lowest BCUT2D eigenvalue weighted by Crippen LogP contribution is -2.01. The number of benzene rings is 1. The van der Waals surface area contributed by atoms with Gasteiger partial charge in [0.2, 0.25) is 0 Å². The smallest absolute Gasteiger partial charge is 0.146 e. The van der Waals surface area contributed by atoms with Crippen molar-refractivity contribution in [2.45, 2.75) is 13.5 Å². The van der Waals surface area contributed by atoms with Gasteiger partial charge in [-0.2, -0.15) is 0 Å². The Bertz CT molecular complexity index is 453. The van der Waals surface area contributed by atoms with E-state index >= 15 is 0 Å². The van der Waals surface area contributed by atoms with Crippen LogP contribution in [0.4, 0.5) is 10.1 Å². The summed E-state index contributed by atoms with van der Waals surface area (Å²) in [6.07, 6.45) is 0. The van der Waals surface area contributed by atoms with Crippen LogP contribution in [0.25, 0.3) is 0 Å². The number of hydrogen-bond donors (Lipinski definition) is 1. The number of aryl methyl sites for hydroxylation is 1. The van der Waals surface area contributed by atoms with Crippen molar-refractivity contribution in [2.75, 3.05) is 5.32 Å². The lowest BCUT2D eigenvalue weighted by atomic mass is 10.3. The van der Waals surface area contributed by atoms with E-state index in [1.165, 1.54) is 6.07 Å². The van der Waals surface area contributed by atoms with E-state index in [-0.39, 0.29) is 5.82 Å². The molecule has 0 fully saturated rings. The van der Waals surface area contributed by atoms with Crippen LogP contribution >= 0.6 is 11.3 Å². The molecule has 2 aromatic rings.